The number of aromatic nitrogens is 6. The maximum absolute atomic E-state index is 13.2. The molecule has 2 saturated carbocycles. The van der Waals surface area contributed by atoms with E-state index in [4.69, 9.17) is 61.2 Å². The second-order valence-corrected chi connectivity index (χ2v) is 36.8. The summed E-state index contributed by atoms with van der Waals surface area (Å²) in [7, 11) is 8.74. The van der Waals surface area contributed by atoms with Gasteiger partial charge in [-0.3, -0.25) is 33.5 Å². The van der Waals surface area contributed by atoms with Gasteiger partial charge in [0.1, 0.15) is 36.7 Å². The summed E-state index contributed by atoms with van der Waals surface area (Å²) < 4.78 is 61.1. The number of carbonyl (C=O) groups is 7. The quantitative estimate of drug-likeness (QED) is 0.0306. The smallest absolute Gasteiger partial charge is 0.416 e. The summed E-state index contributed by atoms with van der Waals surface area (Å²) in [6.45, 7) is 28.8. The zero-order chi connectivity index (χ0) is 105. The highest BCUT2D eigenvalue weighted by Gasteiger charge is 2.40. The Balaban J connectivity index is 0.000000304. The molecule has 32 heteroatoms. The molecule has 4 aliphatic rings. The number of carboxylic acids is 2. The van der Waals surface area contributed by atoms with Gasteiger partial charge in [0.05, 0.1) is 109 Å². The molecule has 6 atom stereocenters. The largest absolute Gasteiger partial charge is 1.00 e. The highest BCUT2D eigenvalue weighted by Crippen LogP contribution is 2.40. The van der Waals surface area contributed by atoms with Crippen LogP contribution in [0.1, 0.15) is 252 Å². The van der Waals surface area contributed by atoms with E-state index in [9.17, 15) is 43.1 Å². The summed E-state index contributed by atoms with van der Waals surface area (Å²) in [5.41, 5.74) is 27.1. The number of quaternary nitrogens is 2. The van der Waals surface area contributed by atoms with Crippen molar-refractivity contribution >= 4 is 74.8 Å². The Hall–Kier alpha value is -13.2. The first-order valence-corrected chi connectivity index (χ1v) is 48.3. The molecule has 4 amide bonds. The number of aryl methyl sites for hydroxylation is 6. The number of carbonyl (C=O) groups excluding carboxylic acids is 5. The topological polar surface area (TPSA) is 378 Å². The molecule has 28 nitrogen and oxygen atoms in total. The molecule has 0 unspecified atom stereocenters. The van der Waals surface area contributed by atoms with Crippen LogP contribution < -0.4 is 75.3 Å². The summed E-state index contributed by atoms with van der Waals surface area (Å²) in [6.07, 6.45) is 15.3. The van der Waals surface area contributed by atoms with Crippen LogP contribution in [-0.4, -0.2) is 160 Å². The molecule has 2 aliphatic heterocycles. The summed E-state index contributed by atoms with van der Waals surface area (Å²) >= 11 is 5.27. The van der Waals surface area contributed by atoms with E-state index in [2.05, 4.69) is 59.8 Å². The van der Waals surface area contributed by atoms with Crippen molar-refractivity contribution < 1.29 is 124 Å². The minimum atomic E-state index is -1.00. The number of hydrogen-bond acceptors (Lipinski definition) is 19. The molecule has 8 aromatic carbocycles. The number of nitrogens with zero attached hydrogens (tertiary/aromatic N) is 7. The van der Waals surface area contributed by atoms with Gasteiger partial charge in [-0.25, -0.2) is 29.3 Å². The number of nitrogens with one attached hydrogen (secondary N) is 2. The fraction of sp³-hybridized carbons (Fsp3) is 0.407. The average Bonchev–Trinajstić information content (AvgIpc) is 1.61. The Morgan fingerprint density at radius 3 is 1.27 bits per heavy atom. The van der Waals surface area contributed by atoms with Crippen LogP contribution in [0, 0.1) is 53.4 Å². The molecule has 10 N–H and O–H groups in total. The van der Waals surface area contributed by atoms with E-state index in [1.54, 1.807) is 74.1 Å². The van der Waals surface area contributed by atoms with Crippen LogP contribution >= 0.6 is 11.6 Å². The van der Waals surface area contributed by atoms with Gasteiger partial charge < -0.3 is 104 Å². The van der Waals surface area contributed by atoms with Gasteiger partial charge in [-0.05, 0) is 283 Å². The van der Waals surface area contributed by atoms with Crippen LogP contribution in [0.5, 0.6) is 34.5 Å². The number of imide groups is 1. The highest BCUT2D eigenvalue weighted by molar-refractivity contribution is 6.63. The Labute approximate surface area is 872 Å². The average molecular weight is 2060 g/mol. The molecule has 145 heavy (non-hydrogen) atoms. The van der Waals surface area contributed by atoms with Gasteiger partial charge in [0.15, 0.2) is 46.1 Å². The van der Waals surface area contributed by atoms with Gasteiger partial charge >= 0.3 is 24.1 Å². The number of pyridine rings is 2. The van der Waals surface area contributed by atoms with E-state index in [0.29, 0.717) is 54.7 Å². The molecule has 12 aromatic rings. The highest BCUT2D eigenvalue weighted by atomic mass is 35.5. The van der Waals surface area contributed by atoms with Crippen molar-refractivity contribution in [1.82, 2.24) is 44.6 Å². The van der Waals surface area contributed by atoms with Crippen molar-refractivity contribution in [3.8, 4) is 57.5 Å². The summed E-state index contributed by atoms with van der Waals surface area (Å²) in [5, 5.41) is 23.5. The summed E-state index contributed by atoms with van der Waals surface area (Å²) in [6, 6.07) is 58.9. The van der Waals surface area contributed by atoms with E-state index >= 15 is 0 Å². The van der Waals surface area contributed by atoms with Crippen molar-refractivity contribution in [2.75, 3.05) is 63.0 Å². The fourth-order valence-electron chi connectivity index (χ4n) is 16.4. The molecular weight excluding hydrogens is 1910 g/mol. The molecule has 2 aliphatic carbocycles. The predicted molar refractivity (Wildman–Crippen MR) is 560 cm³/mol. The van der Waals surface area contributed by atoms with Crippen LogP contribution in [-0.2, 0) is 36.7 Å². The Morgan fingerprint density at radius 1 is 0.497 bits per heavy atom. The molecule has 2 saturated heterocycles. The minimum absolute atomic E-state index is 0. The number of methoxy groups -OCH3 is 6. The fourth-order valence-corrected chi connectivity index (χ4v) is 16.6. The number of hydrogen-bond donors (Lipinski definition) is 6. The van der Waals surface area contributed by atoms with Gasteiger partial charge in [0, 0.05) is 47.6 Å². The van der Waals surface area contributed by atoms with Gasteiger partial charge in [-0.15, -0.1) is 0 Å². The van der Waals surface area contributed by atoms with E-state index in [-0.39, 0.29) is 104 Å². The second kappa shape index (κ2) is 60.5. The van der Waals surface area contributed by atoms with Crippen molar-refractivity contribution in [2.45, 2.75) is 230 Å². The van der Waals surface area contributed by atoms with E-state index in [1.807, 2.05) is 246 Å². The van der Waals surface area contributed by atoms with Crippen LogP contribution in [0.15, 0.2) is 194 Å². The number of cyclic esters (lactones) is 2. The Bertz CT molecular complexity index is 6140. The molecule has 16 rings (SSSR count). The molecule has 6 heterocycles. The standard InChI is InChI=1S/C29H32N4O3.C19H19N3O2.C16H21NO3.C11H14O2.C10H11ClO.2C10H15NO2.C6H11NO2.CH3F.CH4.2ClH/c1-19(20-13-15-26(35-2)27(18-20)36-3)31-29(34)21-12-14-25-24(17-21)32-28(23-11-7-8-16-30-23)33(25)22-9-5-4-6-10-22;23-19(24)13-9-10-17-16(12-13)21-18(15-8-4-5-11-20-15)22(17)14-6-2-1-3-7-14;1-10(2)14-9-20-16(19)17(14)15(18)8-13-6-5-11(3)12(4)7-13;1-7-4-5-10(6-8(7)2)9(3)11(12)13;1-7-3-4-9(5-8(7)2)6-10(11)12;2*1-7(11)8-4-5-9(12-2)10(6-8)13-3;1-4(2)5-3-9-6(8)7-5;1-2;;;/h7-8,11-19,22H,4-6,9-10H2,1-3H3,(H,31,34);4-5,8-12,14H,1-3,6-7H2,(H,23,24);5-7,10,14H,8-9H2,1-4H3;4-6,9H,1-3H3,(H,12,13);3-5H,6H2,1-2H3;2*4-7H,11H2,1-3H3;4-5H,3H2,1-2H3,(H,7,8);1H3;1H4;2*1H/t19-;;14-;9-;;2*7-;5-;;;;/m1.01.110..../s1/i;;;;;;;;1D;;;. The third kappa shape index (κ3) is 35.1. The van der Waals surface area contributed by atoms with E-state index < -0.39 is 31.1 Å². The van der Waals surface area contributed by atoms with Crippen LogP contribution in [0.25, 0.3) is 45.1 Å². The zero-order valence-corrected chi connectivity index (χ0v) is 88.7. The van der Waals surface area contributed by atoms with Crippen molar-refractivity contribution in [3.63, 3.8) is 0 Å². The maximum Gasteiger partial charge on any atom is 0.416 e. The molecule has 0 radical (unpaired) electrons. The number of halogens is 4. The number of fused-ring (bicyclic) bond motifs is 2. The van der Waals surface area contributed by atoms with Crippen molar-refractivity contribution in [1.29, 1.82) is 0 Å². The van der Waals surface area contributed by atoms with Crippen LogP contribution in [0.4, 0.5) is 14.0 Å². The predicted octanol–water partition coefficient (Wildman–Crippen LogP) is 16.4. The van der Waals surface area contributed by atoms with Crippen LogP contribution in [0.2, 0.25) is 0 Å². The SMILES string of the molecule is C.CC(C)[C@@H]1COC(=O)N1.COc1ccc([C@@H](C)NC(=O)c2ccc3c(c2)nc(-c2ccccn2)n3C2CCCCC2)cc1OC.COc1ccc([C@@H](C)[NH3+])cc1OC.COc1ccc([C@@H](C)[NH3+])cc1OC.Cc1ccc(CC(=O)Cl)cc1C.Cc1ccc(CC(=O)N2C(=O)OC[C@H]2C(C)C)cc1C.Cc1ccc([C@@H](C)C(=O)O)cc1C.O=C(O)c1ccc2c(c1)nc(-c1ccccn1)n2C1CCCCC1.[2H]CF.[Cl-].[Cl-]. The normalized spacial score (nSPS) is 14.8. The lowest BCUT2D eigenvalue weighted by Gasteiger charge is -2.25. The minimum Gasteiger partial charge on any atom is -1.00 e. The van der Waals surface area contributed by atoms with E-state index in [0.717, 1.165) is 138 Å². The van der Waals surface area contributed by atoms with Gasteiger partial charge in [0.25, 0.3) is 5.91 Å². The van der Waals surface area contributed by atoms with Crippen LogP contribution in [0.3, 0.4) is 0 Å². The number of rotatable bonds is 24. The third-order valence-corrected chi connectivity index (χ3v) is 25.6. The lowest BCUT2D eigenvalue weighted by molar-refractivity contribution is -0.420. The van der Waals surface area contributed by atoms with Crippen molar-refractivity contribution in [3.05, 3.63) is 272 Å². The third-order valence-electron chi connectivity index (χ3n) is 25.5. The molecule has 4 fully saturated rings. The number of aliphatic carboxylic acids is 1. The molecule has 0 bridgehead atoms. The molecular formula is C113H147Cl3FN11O17. The Morgan fingerprint density at radius 2 is 0.903 bits per heavy atom. The van der Waals surface area contributed by atoms with Gasteiger partial charge in [-0.1, -0.05) is 146 Å². The molecule has 784 valence electrons. The molecule has 4 aromatic heterocycles. The number of amides is 4. The Kier molecular flexibility index (Phi) is 50.3. The lowest BCUT2D eigenvalue weighted by atomic mass is 9.95. The number of alkyl carbamates (subject to hydrolysis) is 1. The van der Waals surface area contributed by atoms with E-state index in [1.165, 1.54) is 65.7 Å². The van der Waals surface area contributed by atoms with Crippen molar-refractivity contribution in [2.24, 2.45) is 11.8 Å². The number of imidazole rings is 2. The second-order valence-electron chi connectivity index (χ2n) is 36.4. The summed E-state index contributed by atoms with van der Waals surface area (Å²) in [5.74, 6) is 4.24. The lowest BCUT2D eigenvalue weighted by Crippen LogP contribution is -3.00. The number of carboxylic acid groups (broad SMARTS) is 2. The maximum atomic E-state index is 13.2. The first-order valence-electron chi connectivity index (χ1n) is 48.6. The monoisotopic (exact) mass is 2060 g/mol. The number of ether oxygens (including phenoxy) is 8. The zero-order valence-electron chi connectivity index (χ0n) is 87.4. The number of benzene rings is 8. The first-order chi connectivity index (χ1) is 68.3. The van der Waals surface area contributed by atoms with Gasteiger partial charge in [-0.2, -0.15) is 0 Å². The first kappa shape index (κ1) is 121. The number of alkyl halides is 1. The summed E-state index contributed by atoms with van der Waals surface area (Å²) in [4.78, 5) is 100. The molecule has 0 spiro atoms. The van der Waals surface area contributed by atoms with Gasteiger partial charge in [0.2, 0.25) is 11.1 Å². The number of aromatic carboxylic acids is 1.